The molecule has 1 N–H and O–H groups in total. The lowest BCUT2D eigenvalue weighted by Gasteiger charge is -2.03. The molecule has 0 aliphatic carbocycles. The molecule has 0 radical (unpaired) electrons. The van der Waals surface area contributed by atoms with E-state index in [1.807, 2.05) is 48.5 Å². The molecular formula is C14H11ClO2S. The summed E-state index contributed by atoms with van der Waals surface area (Å²) in [6.07, 6.45) is 0. The van der Waals surface area contributed by atoms with E-state index in [0.717, 1.165) is 16.0 Å². The summed E-state index contributed by atoms with van der Waals surface area (Å²) in [5.74, 6) is -0.720. The maximum absolute atomic E-state index is 10.5. The van der Waals surface area contributed by atoms with Crippen LogP contribution >= 0.6 is 23.4 Å². The first-order chi connectivity index (χ1) is 8.65. The molecule has 0 fully saturated rings. The third-order valence-corrected chi connectivity index (χ3v) is 3.64. The summed E-state index contributed by atoms with van der Waals surface area (Å²) < 4.78 is 0. The third-order valence-electron chi connectivity index (χ3n) is 2.39. The Balaban J connectivity index is 2.12. The number of aliphatic carboxylic acids is 1. The first-order valence-electron chi connectivity index (χ1n) is 5.36. The Morgan fingerprint density at radius 2 is 1.50 bits per heavy atom. The standard InChI is InChI=1S/C14H11ClO2S/c15-12-5-1-10(2-6-12)11-3-7-13(8-4-11)18-9-14(16)17/h1-8H,9H2,(H,16,17). The zero-order valence-corrected chi connectivity index (χ0v) is 11.0. The van der Waals surface area contributed by atoms with E-state index < -0.39 is 5.97 Å². The van der Waals surface area contributed by atoms with Gasteiger partial charge in [0, 0.05) is 9.92 Å². The molecule has 0 aliphatic heterocycles. The smallest absolute Gasteiger partial charge is 0.313 e. The number of rotatable bonds is 4. The van der Waals surface area contributed by atoms with Gasteiger partial charge in [0.2, 0.25) is 0 Å². The summed E-state index contributed by atoms with van der Waals surface area (Å²) in [4.78, 5) is 11.4. The first kappa shape index (κ1) is 13.0. The van der Waals surface area contributed by atoms with Crippen molar-refractivity contribution in [2.75, 3.05) is 5.75 Å². The molecule has 0 unspecified atom stereocenters. The Labute approximate surface area is 115 Å². The largest absolute Gasteiger partial charge is 0.481 e. The molecule has 2 nitrogen and oxygen atoms in total. The predicted molar refractivity (Wildman–Crippen MR) is 75.2 cm³/mol. The van der Waals surface area contributed by atoms with Crippen molar-refractivity contribution in [2.45, 2.75) is 4.90 Å². The number of thioether (sulfide) groups is 1. The van der Waals surface area contributed by atoms with E-state index in [1.165, 1.54) is 11.8 Å². The van der Waals surface area contributed by atoms with Gasteiger partial charge in [-0.3, -0.25) is 4.79 Å². The summed E-state index contributed by atoms with van der Waals surface area (Å²) in [6, 6.07) is 15.4. The molecule has 0 aromatic heterocycles. The molecule has 0 bridgehead atoms. The normalized spacial score (nSPS) is 10.3. The highest BCUT2D eigenvalue weighted by atomic mass is 35.5. The molecule has 2 rings (SSSR count). The lowest BCUT2D eigenvalue weighted by Crippen LogP contribution is -1.97. The minimum absolute atomic E-state index is 0.0836. The molecule has 0 aliphatic rings. The number of benzene rings is 2. The zero-order valence-electron chi connectivity index (χ0n) is 9.47. The Hall–Kier alpha value is -1.45. The van der Waals surface area contributed by atoms with Gasteiger partial charge in [0.15, 0.2) is 0 Å². The highest BCUT2D eigenvalue weighted by Crippen LogP contribution is 2.25. The highest BCUT2D eigenvalue weighted by molar-refractivity contribution is 8.00. The van der Waals surface area contributed by atoms with Crippen LogP contribution in [0.3, 0.4) is 0 Å². The van der Waals surface area contributed by atoms with Gasteiger partial charge in [0.25, 0.3) is 0 Å². The van der Waals surface area contributed by atoms with Crippen molar-refractivity contribution in [2.24, 2.45) is 0 Å². The maximum Gasteiger partial charge on any atom is 0.313 e. The third kappa shape index (κ3) is 3.52. The van der Waals surface area contributed by atoms with Gasteiger partial charge in [-0.1, -0.05) is 35.9 Å². The Bertz CT molecular complexity index is 535. The second-order valence-electron chi connectivity index (χ2n) is 3.71. The van der Waals surface area contributed by atoms with Crippen LogP contribution in [0.5, 0.6) is 0 Å². The molecular weight excluding hydrogens is 268 g/mol. The average Bonchev–Trinajstić information content (AvgIpc) is 2.38. The minimum Gasteiger partial charge on any atom is -0.481 e. The van der Waals surface area contributed by atoms with Crippen LogP contribution in [0.2, 0.25) is 5.02 Å². The molecule has 2 aromatic carbocycles. The lowest BCUT2D eigenvalue weighted by molar-refractivity contribution is -0.133. The second kappa shape index (κ2) is 5.94. The molecule has 0 atom stereocenters. The summed E-state index contributed by atoms with van der Waals surface area (Å²) in [7, 11) is 0. The van der Waals surface area contributed by atoms with Crippen LogP contribution in [0.15, 0.2) is 53.4 Å². The summed E-state index contributed by atoms with van der Waals surface area (Å²) in [5.41, 5.74) is 2.18. The quantitative estimate of drug-likeness (QED) is 0.853. The van der Waals surface area contributed by atoms with E-state index in [9.17, 15) is 4.79 Å². The fraction of sp³-hybridized carbons (Fsp3) is 0.0714. The van der Waals surface area contributed by atoms with E-state index in [0.29, 0.717) is 5.02 Å². The number of carbonyl (C=O) groups is 1. The number of carboxylic acids is 1. The molecule has 0 saturated heterocycles. The number of hydrogen-bond donors (Lipinski definition) is 1. The van der Waals surface area contributed by atoms with Crippen LogP contribution in [-0.2, 0) is 4.79 Å². The lowest BCUT2D eigenvalue weighted by atomic mass is 10.1. The Morgan fingerprint density at radius 3 is 2.00 bits per heavy atom. The van der Waals surface area contributed by atoms with Crippen molar-refractivity contribution in [3.05, 3.63) is 53.6 Å². The Kier molecular flexibility index (Phi) is 4.28. The van der Waals surface area contributed by atoms with Gasteiger partial charge >= 0.3 is 5.97 Å². The number of carboxylic acid groups (broad SMARTS) is 1. The highest BCUT2D eigenvalue weighted by Gasteiger charge is 2.01. The fourth-order valence-corrected chi connectivity index (χ4v) is 2.28. The molecule has 0 spiro atoms. The molecule has 0 heterocycles. The zero-order chi connectivity index (χ0) is 13.0. The summed E-state index contributed by atoms with van der Waals surface area (Å²) in [6.45, 7) is 0. The van der Waals surface area contributed by atoms with E-state index >= 15 is 0 Å². The SMILES string of the molecule is O=C(O)CSc1ccc(-c2ccc(Cl)cc2)cc1. The molecule has 0 amide bonds. The van der Waals surface area contributed by atoms with Crippen LogP contribution in [0.4, 0.5) is 0 Å². The van der Waals surface area contributed by atoms with Gasteiger partial charge in [0.05, 0.1) is 5.75 Å². The second-order valence-corrected chi connectivity index (χ2v) is 5.20. The van der Waals surface area contributed by atoms with Crippen molar-refractivity contribution in [3.63, 3.8) is 0 Å². The molecule has 18 heavy (non-hydrogen) atoms. The van der Waals surface area contributed by atoms with E-state index in [4.69, 9.17) is 16.7 Å². The van der Waals surface area contributed by atoms with Crippen molar-refractivity contribution in [1.82, 2.24) is 0 Å². The van der Waals surface area contributed by atoms with E-state index in [-0.39, 0.29) is 5.75 Å². The van der Waals surface area contributed by atoms with Crippen molar-refractivity contribution in [3.8, 4) is 11.1 Å². The molecule has 92 valence electrons. The van der Waals surface area contributed by atoms with Gasteiger partial charge in [-0.25, -0.2) is 0 Å². The van der Waals surface area contributed by atoms with Gasteiger partial charge in [-0.2, -0.15) is 0 Å². The van der Waals surface area contributed by atoms with Crippen LogP contribution in [0, 0.1) is 0 Å². The Morgan fingerprint density at radius 1 is 1.00 bits per heavy atom. The average molecular weight is 279 g/mol. The molecule has 0 saturated carbocycles. The van der Waals surface area contributed by atoms with Crippen molar-refractivity contribution >= 4 is 29.3 Å². The number of halogens is 1. The van der Waals surface area contributed by atoms with Gasteiger partial charge in [-0.05, 0) is 35.4 Å². The van der Waals surface area contributed by atoms with Gasteiger partial charge in [-0.15, -0.1) is 11.8 Å². The number of hydrogen-bond acceptors (Lipinski definition) is 2. The van der Waals surface area contributed by atoms with Crippen LogP contribution < -0.4 is 0 Å². The minimum atomic E-state index is -0.804. The first-order valence-corrected chi connectivity index (χ1v) is 6.72. The molecule has 4 heteroatoms. The summed E-state index contributed by atoms with van der Waals surface area (Å²) >= 11 is 7.15. The van der Waals surface area contributed by atoms with Crippen LogP contribution in [0.1, 0.15) is 0 Å². The predicted octanol–water partition coefficient (Wildman–Crippen LogP) is 4.18. The van der Waals surface area contributed by atoms with Crippen LogP contribution in [0.25, 0.3) is 11.1 Å². The molecule has 2 aromatic rings. The van der Waals surface area contributed by atoms with Gasteiger partial charge < -0.3 is 5.11 Å². The topological polar surface area (TPSA) is 37.3 Å². The maximum atomic E-state index is 10.5. The van der Waals surface area contributed by atoms with Crippen LogP contribution in [-0.4, -0.2) is 16.8 Å². The monoisotopic (exact) mass is 278 g/mol. The van der Waals surface area contributed by atoms with Crippen molar-refractivity contribution < 1.29 is 9.90 Å². The summed E-state index contributed by atoms with van der Waals surface area (Å²) in [5, 5.41) is 9.32. The van der Waals surface area contributed by atoms with Crippen molar-refractivity contribution in [1.29, 1.82) is 0 Å². The van der Waals surface area contributed by atoms with E-state index in [1.54, 1.807) is 0 Å². The van der Waals surface area contributed by atoms with Gasteiger partial charge in [0.1, 0.15) is 0 Å². The fourth-order valence-electron chi connectivity index (χ4n) is 1.53. The van der Waals surface area contributed by atoms with E-state index in [2.05, 4.69) is 0 Å².